The highest BCUT2D eigenvalue weighted by Crippen LogP contribution is 2.54. The van der Waals surface area contributed by atoms with Crippen molar-refractivity contribution in [2.24, 2.45) is 29.6 Å². The Morgan fingerprint density at radius 1 is 1.14 bits per heavy atom. The molecule has 2 amide bonds. The van der Waals surface area contributed by atoms with Gasteiger partial charge < -0.3 is 12.9 Å². The Labute approximate surface area is 160 Å². The number of fused-ring (bicyclic) bond motifs is 5. The van der Waals surface area contributed by atoms with Crippen LogP contribution in [0.1, 0.15) is 33.6 Å². The zero-order chi connectivity index (χ0) is 20.4. The number of imide groups is 1. The van der Waals surface area contributed by atoms with Gasteiger partial charge in [0.1, 0.15) is 0 Å². The monoisotopic (exact) mass is 409 g/mol. The second kappa shape index (κ2) is 6.30. The van der Waals surface area contributed by atoms with Crippen molar-refractivity contribution in [1.82, 2.24) is 4.90 Å². The van der Waals surface area contributed by atoms with Crippen LogP contribution in [0.5, 0.6) is 0 Å². The van der Waals surface area contributed by atoms with Crippen LogP contribution in [0, 0.1) is 29.6 Å². The lowest BCUT2D eigenvalue weighted by molar-refractivity contribution is -0.149. The van der Waals surface area contributed by atoms with E-state index in [0.29, 0.717) is 0 Å². The molecule has 0 spiro atoms. The number of hydrogen-bond acceptors (Lipinski definition) is 8. The summed E-state index contributed by atoms with van der Waals surface area (Å²) in [6, 6.07) is 0. The molecule has 10 heteroatoms. The molecule has 1 aromatic heterocycles. The number of nitrogens with zero attached hydrogens (tertiary/aromatic N) is 1. The summed E-state index contributed by atoms with van der Waals surface area (Å²) in [6.45, 7) is 5.06. The molecule has 4 rings (SSSR count). The number of carbonyl (C=O) groups excluding carboxylic acids is 3. The summed E-state index contributed by atoms with van der Waals surface area (Å²) in [5.74, 6) is -2.18. The third-order valence-corrected chi connectivity index (χ3v) is 6.89. The van der Waals surface area contributed by atoms with Crippen molar-refractivity contribution in [3.8, 4) is 0 Å². The third kappa shape index (κ3) is 2.80. The molecule has 5 unspecified atom stereocenters. The number of carbonyl (C=O) groups is 3. The maximum absolute atomic E-state index is 13.0. The minimum absolute atomic E-state index is 0.115. The summed E-state index contributed by atoms with van der Waals surface area (Å²) in [4.78, 5) is 61.6. The first kappa shape index (κ1) is 18.9. The first-order valence-corrected chi connectivity index (χ1v) is 10.2. The van der Waals surface area contributed by atoms with E-state index in [0.717, 1.165) is 6.42 Å². The number of rotatable bonds is 5. The van der Waals surface area contributed by atoms with E-state index in [1.54, 1.807) is 20.8 Å². The molecule has 3 aliphatic rings. The molecule has 1 aliphatic heterocycles. The van der Waals surface area contributed by atoms with Crippen molar-refractivity contribution < 1.29 is 27.3 Å². The van der Waals surface area contributed by atoms with Gasteiger partial charge in [-0.05, 0) is 38.5 Å². The van der Waals surface area contributed by atoms with Crippen molar-refractivity contribution in [2.75, 3.05) is 0 Å². The molecule has 5 atom stereocenters. The summed E-state index contributed by atoms with van der Waals surface area (Å²) in [7, 11) is -2.38. The van der Waals surface area contributed by atoms with Crippen LogP contribution in [0.25, 0.3) is 0 Å². The molecule has 150 valence electrons. The molecule has 2 fully saturated rings. The molecule has 0 radical (unpaired) electrons. The van der Waals surface area contributed by atoms with Gasteiger partial charge in [-0.3, -0.25) is 19.3 Å². The van der Waals surface area contributed by atoms with E-state index in [2.05, 4.69) is 8.39 Å². The summed E-state index contributed by atoms with van der Waals surface area (Å²) in [5.41, 5.74) is -3.29. The predicted octanol–water partition coefficient (Wildman–Crippen LogP) is 1.15. The standard InChI is InChI=1S/C18H20NO8P/c1-8(15(22)25-28-26-16(23)17(24)27-28)7-18(2,3)19-13(20)11-9-4-5-10(6-9)12(11)14(19)21/h4-5,8-12H,6-7H2,1-3H3. The SMILES string of the molecule is CC(CC(C)(C)N1C(=O)C2C3C=CC(C3)C2C1=O)C(=O)Op1oc(=O)c(=O)o1. The molecular formula is C18H20NO8P. The normalized spacial score (nSPS) is 29.5. The average Bonchev–Trinajstić information content (AvgIpc) is 3.33. The predicted molar refractivity (Wildman–Crippen MR) is 95.2 cm³/mol. The topological polar surface area (TPSA) is 124 Å². The van der Waals surface area contributed by atoms with E-state index in [-0.39, 0.29) is 41.9 Å². The average molecular weight is 409 g/mol. The van der Waals surface area contributed by atoms with Crippen LogP contribution in [-0.4, -0.2) is 28.2 Å². The van der Waals surface area contributed by atoms with Gasteiger partial charge in [0.2, 0.25) is 11.8 Å². The van der Waals surface area contributed by atoms with E-state index in [1.165, 1.54) is 4.90 Å². The highest BCUT2D eigenvalue weighted by molar-refractivity contribution is 7.32. The van der Waals surface area contributed by atoms with Crippen molar-refractivity contribution >= 4 is 26.0 Å². The fourth-order valence-electron chi connectivity index (χ4n) is 4.85. The Balaban J connectivity index is 1.47. The second-order valence-corrected chi connectivity index (χ2v) is 9.32. The fraction of sp³-hybridized carbons (Fsp3) is 0.611. The highest BCUT2D eigenvalue weighted by atomic mass is 31.1. The maximum Gasteiger partial charge on any atom is 0.461 e. The van der Waals surface area contributed by atoms with Crippen LogP contribution in [0.3, 0.4) is 0 Å². The zero-order valence-corrected chi connectivity index (χ0v) is 16.5. The highest BCUT2D eigenvalue weighted by Gasteiger charge is 2.61. The first-order chi connectivity index (χ1) is 13.1. The van der Waals surface area contributed by atoms with Gasteiger partial charge >= 0.3 is 25.5 Å². The van der Waals surface area contributed by atoms with E-state index in [1.807, 2.05) is 12.2 Å². The van der Waals surface area contributed by atoms with Gasteiger partial charge in [0.15, 0.2) is 0 Å². The number of hydrogen-bond donors (Lipinski definition) is 0. The minimum atomic E-state index is -2.38. The summed E-state index contributed by atoms with van der Waals surface area (Å²) < 4.78 is 14.0. The van der Waals surface area contributed by atoms with Crippen LogP contribution in [-0.2, 0) is 14.4 Å². The van der Waals surface area contributed by atoms with Crippen LogP contribution >= 0.6 is 8.24 Å². The van der Waals surface area contributed by atoms with Gasteiger partial charge in [-0.15, -0.1) is 0 Å². The van der Waals surface area contributed by atoms with Gasteiger partial charge in [0, 0.05) is 5.54 Å². The van der Waals surface area contributed by atoms with E-state index >= 15 is 0 Å². The number of likely N-dealkylation sites (tertiary alicyclic amines) is 1. The van der Waals surface area contributed by atoms with Gasteiger partial charge in [-0.2, -0.15) is 0 Å². The van der Waals surface area contributed by atoms with E-state index in [9.17, 15) is 24.0 Å². The Morgan fingerprint density at radius 3 is 2.14 bits per heavy atom. The van der Waals surface area contributed by atoms with E-state index < -0.39 is 36.9 Å². The molecule has 0 N–H and O–H groups in total. The maximum atomic E-state index is 13.0. The molecule has 9 nitrogen and oxygen atoms in total. The van der Waals surface area contributed by atoms with Crippen molar-refractivity contribution in [2.45, 2.75) is 39.2 Å². The van der Waals surface area contributed by atoms with Crippen LogP contribution in [0.15, 0.2) is 30.1 Å². The Bertz CT molecular complexity index is 940. The zero-order valence-electron chi connectivity index (χ0n) is 15.6. The van der Waals surface area contributed by atoms with Gasteiger partial charge in [-0.1, -0.05) is 19.1 Å². The molecular weight excluding hydrogens is 389 g/mol. The molecule has 1 saturated heterocycles. The van der Waals surface area contributed by atoms with Crippen molar-refractivity contribution in [3.63, 3.8) is 0 Å². The lowest BCUT2D eigenvalue weighted by Gasteiger charge is -2.36. The molecule has 1 aromatic rings. The second-order valence-electron chi connectivity index (χ2n) is 8.32. The van der Waals surface area contributed by atoms with Gasteiger partial charge in [0.05, 0.1) is 17.8 Å². The Hall–Kier alpha value is -2.41. The molecule has 0 aromatic carbocycles. The summed E-state index contributed by atoms with van der Waals surface area (Å²) in [5, 5.41) is 0. The van der Waals surface area contributed by atoms with Crippen molar-refractivity contribution in [3.05, 3.63) is 33.0 Å². The van der Waals surface area contributed by atoms with Crippen LogP contribution in [0.4, 0.5) is 0 Å². The van der Waals surface area contributed by atoms with Crippen LogP contribution < -0.4 is 15.8 Å². The smallest absolute Gasteiger partial charge is 0.355 e. The van der Waals surface area contributed by atoms with Crippen LogP contribution in [0.2, 0.25) is 0 Å². The molecule has 2 aliphatic carbocycles. The molecule has 2 heterocycles. The first-order valence-electron chi connectivity index (χ1n) is 9.12. The van der Waals surface area contributed by atoms with Gasteiger partial charge in [0.25, 0.3) is 0 Å². The van der Waals surface area contributed by atoms with E-state index in [4.69, 9.17) is 4.52 Å². The van der Waals surface area contributed by atoms with Crippen molar-refractivity contribution in [1.29, 1.82) is 0 Å². The lowest BCUT2D eigenvalue weighted by atomic mass is 9.85. The lowest BCUT2D eigenvalue weighted by Crippen LogP contribution is -2.50. The number of allylic oxidation sites excluding steroid dienone is 2. The molecule has 1 saturated carbocycles. The summed E-state index contributed by atoms with van der Waals surface area (Å²) >= 11 is 0. The quantitative estimate of drug-likeness (QED) is 0.403. The Morgan fingerprint density at radius 2 is 1.64 bits per heavy atom. The summed E-state index contributed by atoms with van der Waals surface area (Å²) in [6.07, 6.45) is 5.07. The van der Waals surface area contributed by atoms with Gasteiger partial charge in [-0.25, -0.2) is 9.59 Å². The molecule has 2 bridgehead atoms. The Kier molecular flexibility index (Phi) is 4.26. The number of amides is 2. The fourth-order valence-corrected chi connectivity index (χ4v) is 5.71. The molecule has 28 heavy (non-hydrogen) atoms. The third-order valence-electron chi connectivity index (χ3n) is 5.93. The largest absolute Gasteiger partial charge is 0.461 e. The minimum Gasteiger partial charge on any atom is -0.355 e.